The fourth-order valence-corrected chi connectivity index (χ4v) is 3.78. The molecule has 0 bridgehead atoms. The molecular weight excluding hydrogens is 430 g/mol. The highest BCUT2D eigenvalue weighted by Gasteiger charge is 2.34. The average molecular weight is 452 g/mol. The number of carbonyl (C=O) groups excluding carboxylic acids is 2. The van der Waals surface area contributed by atoms with Gasteiger partial charge in [-0.2, -0.15) is 4.98 Å². The van der Waals surface area contributed by atoms with Crippen LogP contribution in [0.1, 0.15) is 45.5 Å². The van der Waals surface area contributed by atoms with Crippen LogP contribution < -0.4 is 10.8 Å². The number of amides is 2. The molecule has 2 heterocycles. The zero-order valence-electron chi connectivity index (χ0n) is 17.2. The van der Waals surface area contributed by atoms with E-state index < -0.39 is 0 Å². The van der Waals surface area contributed by atoms with Crippen LogP contribution in [0.3, 0.4) is 0 Å². The number of anilines is 3. The van der Waals surface area contributed by atoms with Crippen LogP contribution in [0.5, 0.6) is 0 Å². The van der Waals surface area contributed by atoms with Crippen LogP contribution in [-0.2, 0) is 6.42 Å². The molecule has 2 amide bonds. The first-order valence-electron chi connectivity index (χ1n) is 10.3. The number of nitrogens with zero attached hydrogens (tertiary/aromatic N) is 3. The minimum Gasteiger partial charge on any atom is -0.338 e. The Bertz CT molecular complexity index is 1100. The number of halogens is 1. The molecule has 8 nitrogen and oxygen atoms in total. The van der Waals surface area contributed by atoms with Crippen molar-refractivity contribution >= 4 is 40.6 Å². The van der Waals surface area contributed by atoms with Crippen molar-refractivity contribution in [2.24, 2.45) is 0 Å². The molecule has 0 radical (unpaired) electrons. The number of carbonyl (C=O) groups is 2. The van der Waals surface area contributed by atoms with E-state index in [1.807, 2.05) is 29.7 Å². The van der Waals surface area contributed by atoms with Gasteiger partial charge in [-0.1, -0.05) is 30.7 Å². The van der Waals surface area contributed by atoms with Crippen molar-refractivity contribution < 1.29 is 14.8 Å². The molecule has 0 unspecified atom stereocenters. The summed E-state index contributed by atoms with van der Waals surface area (Å²) in [7, 11) is 0. The van der Waals surface area contributed by atoms with Crippen LogP contribution >= 0.6 is 11.6 Å². The maximum absolute atomic E-state index is 12.4. The van der Waals surface area contributed by atoms with Gasteiger partial charge in [0.05, 0.1) is 17.3 Å². The SMILES string of the molecule is O=C1c2ccccc2C(=O)N1CCCCCc1ccc(Nc2nc(Cl)ncc2NO)cc1. The second-order valence-corrected chi connectivity index (χ2v) is 7.79. The Kier molecular flexibility index (Phi) is 6.63. The molecule has 3 N–H and O–H groups in total. The lowest BCUT2D eigenvalue weighted by Gasteiger charge is -2.13. The Labute approximate surface area is 190 Å². The van der Waals surface area contributed by atoms with Gasteiger partial charge in [0.25, 0.3) is 11.8 Å². The number of benzene rings is 2. The fourth-order valence-electron chi connectivity index (χ4n) is 3.65. The maximum atomic E-state index is 12.4. The molecule has 0 saturated carbocycles. The second kappa shape index (κ2) is 9.76. The summed E-state index contributed by atoms with van der Waals surface area (Å²) in [6.45, 7) is 0.442. The monoisotopic (exact) mass is 451 g/mol. The molecule has 1 aliphatic heterocycles. The standard InChI is InChI=1S/C23H22ClN5O3/c24-23-25-14-19(28-32)20(27-23)26-16-11-9-15(10-12-16)6-2-1-5-13-29-21(30)17-7-3-4-8-18(17)22(29)31/h3-4,7-12,14,28,32H,1-2,5-6,13H2,(H,25,26,27). The maximum Gasteiger partial charge on any atom is 0.261 e. The van der Waals surface area contributed by atoms with E-state index in [2.05, 4.69) is 15.3 Å². The van der Waals surface area contributed by atoms with E-state index in [0.29, 0.717) is 29.2 Å². The smallest absolute Gasteiger partial charge is 0.261 e. The molecule has 0 atom stereocenters. The van der Waals surface area contributed by atoms with Crippen LogP contribution in [0, 0.1) is 0 Å². The lowest BCUT2D eigenvalue weighted by molar-refractivity contribution is 0.0651. The molecule has 9 heteroatoms. The molecular formula is C23H22ClN5O3. The Morgan fingerprint density at radius 3 is 2.28 bits per heavy atom. The predicted octanol–water partition coefficient (Wildman–Crippen LogP) is 4.68. The van der Waals surface area contributed by atoms with Gasteiger partial charge in [0.1, 0.15) is 5.69 Å². The number of nitrogens with one attached hydrogen (secondary N) is 2. The number of aromatic nitrogens is 2. The van der Waals surface area contributed by atoms with Crippen molar-refractivity contribution in [3.05, 3.63) is 76.7 Å². The zero-order chi connectivity index (χ0) is 22.5. The van der Waals surface area contributed by atoms with Gasteiger partial charge in [-0.25, -0.2) is 4.98 Å². The van der Waals surface area contributed by atoms with Crippen molar-refractivity contribution in [3.63, 3.8) is 0 Å². The predicted molar refractivity (Wildman–Crippen MR) is 122 cm³/mol. The van der Waals surface area contributed by atoms with E-state index in [1.54, 1.807) is 24.3 Å². The number of imide groups is 1. The van der Waals surface area contributed by atoms with Crippen molar-refractivity contribution in [1.29, 1.82) is 0 Å². The minimum absolute atomic E-state index is 0.0735. The number of hydrogen-bond donors (Lipinski definition) is 3. The molecule has 164 valence electrons. The topological polar surface area (TPSA) is 107 Å². The van der Waals surface area contributed by atoms with Gasteiger partial charge < -0.3 is 5.32 Å². The average Bonchev–Trinajstić information content (AvgIpc) is 3.05. The van der Waals surface area contributed by atoms with Crippen LogP contribution in [0.4, 0.5) is 17.2 Å². The molecule has 4 rings (SSSR count). The second-order valence-electron chi connectivity index (χ2n) is 7.45. The van der Waals surface area contributed by atoms with Crippen molar-refractivity contribution in [1.82, 2.24) is 14.9 Å². The number of fused-ring (bicyclic) bond motifs is 1. The molecule has 0 saturated heterocycles. The summed E-state index contributed by atoms with van der Waals surface area (Å²) in [5, 5.41) is 12.3. The van der Waals surface area contributed by atoms with Crippen LogP contribution in [0.15, 0.2) is 54.7 Å². The zero-order valence-corrected chi connectivity index (χ0v) is 18.0. The van der Waals surface area contributed by atoms with Crippen LogP contribution in [0.2, 0.25) is 5.28 Å². The van der Waals surface area contributed by atoms with Gasteiger partial charge in [-0.3, -0.25) is 25.2 Å². The van der Waals surface area contributed by atoms with Gasteiger partial charge in [0.15, 0.2) is 5.82 Å². The largest absolute Gasteiger partial charge is 0.338 e. The first-order chi connectivity index (χ1) is 15.6. The highest BCUT2D eigenvalue weighted by Crippen LogP contribution is 2.25. The third-order valence-electron chi connectivity index (χ3n) is 5.32. The quantitative estimate of drug-likeness (QED) is 0.187. The summed E-state index contributed by atoms with van der Waals surface area (Å²) in [4.78, 5) is 34.0. The van der Waals surface area contributed by atoms with Crippen molar-refractivity contribution in [2.45, 2.75) is 25.7 Å². The molecule has 2 aromatic carbocycles. The molecule has 1 aromatic heterocycles. The van der Waals surface area contributed by atoms with E-state index in [-0.39, 0.29) is 17.1 Å². The summed E-state index contributed by atoms with van der Waals surface area (Å²) >= 11 is 5.82. The third kappa shape index (κ3) is 4.71. The Balaban J connectivity index is 1.23. The molecule has 0 fully saturated rings. The number of unbranched alkanes of at least 4 members (excludes halogenated alkanes) is 2. The summed E-state index contributed by atoms with van der Waals surface area (Å²) in [6, 6.07) is 14.8. The van der Waals surface area contributed by atoms with E-state index in [9.17, 15) is 9.59 Å². The molecule has 32 heavy (non-hydrogen) atoms. The molecule has 1 aliphatic rings. The minimum atomic E-state index is -0.196. The van der Waals surface area contributed by atoms with E-state index in [0.717, 1.165) is 31.4 Å². The summed E-state index contributed by atoms with van der Waals surface area (Å²) in [6.07, 6.45) is 4.92. The van der Waals surface area contributed by atoms with Crippen LogP contribution in [0.25, 0.3) is 0 Å². The Morgan fingerprint density at radius 1 is 0.938 bits per heavy atom. The first-order valence-corrected chi connectivity index (χ1v) is 10.7. The summed E-state index contributed by atoms with van der Waals surface area (Å²) in [5.41, 5.74) is 5.32. The molecule has 3 aromatic rings. The Morgan fingerprint density at radius 2 is 1.62 bits per heavy atom. The van der Waals surface area contributed by atoms with E-state index in [4.69, 9.17) is 16.8 Å². The lowest BCUT2D eigenvalue weighted by Crippen LogP contribution is -2.30. The highest BCUT2D eigenvalue weighted by atomic mass is 35.5. The van der Waals surface area contributed by atoms with Gasteiger partial charge >= 0.3 is 0 Å². The van der Waals surface area contributed by atoms with Crippen LogP contribution in [-0.4, -0.2) is 38.4 Å². The Hall–Kier alpha value is -3.49. The van der Waals surface area contributed by atoms with E-state index in [1.165, 1.54) is 16.7 Å². The summed E-state index contributed by atoms with van der Waals surface area (Å²) in [5.74, 6) is -0.0233. The van der Waals surface area contributed by atoms with E-state index >= 15 is 0 Å². The van der Waals surface area contributed by atoms with Gasteiger partial charge in [0.2, 0.25) is 5.28 Å². The number of rotatable bonds is 9. The molecule has 0 aliphatic carbocycles. The van der Waals surface area contributed by atoms with Gasteiger partial charge in [0, 0.05) is 12.2 Å². The van der Waals surface area contributed by atoms with Crippen molar-refractivity contribution in [3.8, 4) is 0 Å². The molecule has 0 spiro atoms. The summed E-state index contributed by atoms with van der Waals surface area (Å²) < 4.78 is 0. The lowest BCUT2D eigenvalue weighted by atomic mass is 10.1. The van der Waals surface area contributed by atoms with Gasteiger partial charge in [-0.15, -0.1) is 0 Å². The van der Waals surface area contributed by atoms with Gasteiger partial charge in [-0.05, 0) is 60.7 Å². The normalized spacial score (nSPS) is 12.8. The number of aryl methyl sites for hydroxylation is 1. The van der Waals surface area contributed by atoms with Crippen molar-refractivity contribution in [2.75, 3.05) is 17.3 Å². The fraction of sp³-hybridized carbons (Fsp3) is 0.217. The first kappa shape index (κ1) is 21.7. The number of hydrogen-bond acceptors (Lipinski definition) is 7. The third-order valence-corrected chi connectivity index (χ3v) is 5.50. The highest BCUT2D eigenvalue weighted by molar-refractivity contribution is 6.28.